The predicted molar refractivity (Wildman–Crippen MR) is 67.6 cm³/mol. The van der Waals surface area contributed by atoms with Crippen molar-refractivity contribution in [2.24, 2.45) is 0 Å². The zero-order valence-electron chi connectivity index (χ0n) is 10.3. The molecule has 0 aromatic heterocycles. The molecule has 4 heteroatoms. The number of ether oxygens (including phenoxy) is 1. The van der Waals surface area contributed by atoms with Crippen LogP contribution in [0.4, 0.5) is 4.39 Å². The molecule has 0 N–H and O–H groups in total. The van der Waals surface area contributed by atoms with Crippen LogP contribution in [0.5, 0.6) is 0 Å². The average Bonchev–Trinajstić information content (AvgIpc) is 2.31. The maximum Gasteiger partial charge on any atom is 0.318 e. The van der Waals surface area contributed by atoms with Gasteiger partial charge in [-0.15, -0.1) is 11.8 Å². The van der Waals surface area contributed by atoms with Crippen LogP contribution in [-0.2, 0) is 9.53 Å². The van der Waals surface area contributed by atoms with Gasteiger partial charge in [-0.25, -0.2) is 0 Å². The SMILES string of the molecule is CCCCC(SCCCCCF)C(=O)OC. The number of hydrogen-bond acceptors (Lipinski definition) is 3. The summed E-state index contributed by atoms with van der Waals surface area (Å²) in [5, 5.41) is -0.0321. The molecule has 2 nitrogen and oxygen atoms in total. The number of unbranched alkanes of at least 4 members (excludes halogenated alkanes) is 3. The summed E-state index contributed by atoms with van der Waals surface area (Å²) in [6, 6.07) is 0. The van der Waals surface area contributed by atoms with Crippen molar-refractivity contribution >= 4 is 17.7 Å². The number of halogens is 1. The van der Waals surface area contributed by atoms with Crippen molar-refractivity contribution in [1.82, 2.24) is 0 Å². The van der Waals surface area contributed by atoms with E-state index in [1.807, 2.05) is 0 Å². The number of carbonyl (C=O) groups excluding carboxylic acids is 1. The predicted octanol–water partition coefficient (Wildman–Crippen LogP) is 3.59. The van der Waals surface area contributed by atoms with E-state index in [1.165, 1.54) is 7.11 Å². The van der Waals surface area contributed by atoms with Gasteiger partial charge in [-0.05, 0) is 25.0 Å². The Kier molecular flexibility index (Phi) is 11.1. The molecule has 0 rings (SSSR count). The second-order valence-electron chi connectivity index (χ2n) is 3.77. The van der Waals surface area contributed by atoms with Gasteiger partial charge in [0.05, 0.1) is 13.8 Å². The van der Waals surface area contributed by atoms with E-state index in [1.54, 1.807) is 11.8 Å². The number of esters is 1. The van der Waals surface area contributed by atoms with E-state index in [-0.39, 0.29) is 17.9 Å². The molecule has 16 heavy (non-hydrogen) atoms. The third kappa shape index (κ3) is 7.97. The second kappa shape index (κ2) is 11.2. The smallest absolute Gasteiger partial charge is 0.318 e. The molecule has 0 aliphatic carbocycles. The lowest BCUT2D eigenvalue weighted by atomic mass is 10.2. The van der Waals surface area contributed by atoms with Crippen LogP contribution in [0.1, 0.15) is 45.4 Å². The molecule has 0 aromatic rings. The molecule has 0 saturated heterocycles. The van der Waals surface area contributed by atoms with Crippen LogP contribution in [0.25, 0.3) is 0 Å². The van der Waals surface area contributed by atoms with Crippen molar-refractivity contribution in [3.8, 4) is 0 Å². The number of hydrogen-bond donors (Lipinski definition) is 0. The summed E-state index contributed by atoms with van der Waals surface area (Å²) >= 11 is 1.65. The van der Waals surface area contributed by atoms with Gasteiger partial charge in [0.15, 0.2) is 0 Å². The number of methoxy groups -OCH3 is 1. The van der Waals surface area contributed by atoms with Gasteiger partial charge in [-0.3, -0.25) is 9.18 Å². The molecule has 0 amide bonds. The fourth-order valence-corrected chi connectivity index (χ4v) is 2.61. The van der Waals surface area contributed by atoms with Crippen molar-refractivity contribution in [3.63, 3.8) is 0 Å². The maximum atomic E-state index is 11.8. The van der Waals surface area contributed by atoms with Gasteiger partial charge in [0.1, 0.15) is 5.25 Å². The minimum atomic E-state index is -0.235. The first-order valence-corrected chi connectivity index (χ1v) is 7.06. The quantitative estimate of drug-likeness (QED) is 0.438. The number of rotatable bonds is 10. The Hall–Kier alpha value is -0.250. The zero-order valence-corrected chi connectivity index (χ0v) is 11.2. The van der Waals surface area contributed by atoms with Gasteiger partial charge in [-0.2, -0.15) is 0 Å². The van der Waals surface area contributed by atoms with E-state index in [9.17, 15) is 9.18 Å². The van der Waals surface area contributed by atoms with Crippen LogP contribution in [0.15, 0.2) is 0 Å². The van der Waals surface area contributed by atoms with Gasteiger partial charge in [0.2, 0.25) is 0 Å². The summed E-state index contributed by atoms with van der Waals surface area (Å²) in [5.41, 5.74) is 0. The van der Waals surface area contributed by atoms with Crippen molar-refractivity contribution in [1.29, 1.82) is 0 Å². The van der Waals surface area contributed by atoms with E-state index in [2.05, 4.69) is 6.92 Å². The molecule has 1 unspecified atom stereocenters. The Morgan fingerprint density at radius 2 is 2.06 bits per heavy atom. The molecule has 0 aliphatic rings. The summed E-state index contributed by atoms with van der Waals surface area (Å²) in [6.45, 7) is 1.88. The lowest BCUT2D eigenvalue weighted by Crippen LogP contribution is -2.19. The molecular formula is C12H23FO2S. The van der Waals surface area contributed by atoms with E-state index < -0.39 is 0 Å². The summed E-state index contributed by atoms with van der Waals surface area (Å²) in [4.78, 5) is 11.4. The standard InChI is InChI=1S/C12H23FO2S/c1-3-4-8-11(12(14)15-2)16-10-7-5-6-9-13/h11H,3-10H2,1-2H3. The first kappa shape index (κ1) is 15.8. The van der Waals surface area contributed by atoms with Crippen LogP contribution in [0, 0.1) is 0 Å². The fourth-order valence-electron chi connectivity index (χ4n) is 1.39. The number of alkyl halides is 1. The minimum Gasteiger partial charge on any atom is -0.468 e. The third-order valence-corrected chi connectivity index (χ3v) is 3.74. The van der Waals surface area contributed by atoms with E-state index in [4.69, 9.17) is 4.74 Å². The average molecular weight is 250 g/mol. The molecule has 0 bridgehead atoms. The Labute approximate surface area is 102 Å². The van der Waals surface area contributed by atoms with E-state index in [0.29, 0.717) is 6.42 Å². The van der Waals surface area contributed by atoms with Gasteiger partial charge in [0.25, 0.3) is 0 Å². The largest absolute Gasteiger partial charge is 0.468 e. The Balaban J connectivity index is 3.69. The van der Waals surface area contributed by atoms with Crippen LogP contribution in [0.2, 0.25) is 0 Å². The highest BCUT2D eigenvalue weighted by Crippen LogP contribution is 2.20. The summed E-state index contributed by atoms with van der Waals surface area (Å²) < 4.78 is 16.6. The molecular weight excluding hydrogens is 227 g/mol. The van der Waals surface area contributed by atoms with Crippen molar-refractivity contribution in [2.45, 2.75) is 50.7 Å². The molecule has 0 aliphatic heterocycles. The molecule has 0 saturated carbocycles. The third-order valence-electron chi connectivity index (χ3n) is 2.38. The lowest BCUT2D eigenvalue weighted by Gasteiger charge is -2.13. The summed E-state index contributed by atoms with van der Waals surface area (Å²) in [7, 11) is 1.44. The van der Waals surface area contributed by atoms with Crippen LogP contribution >= 0.6 is 11.8 Å². The Morgan fingerprint density at radius 3 is 2.62 bits per heavy atom. The minimum absolute atomic E-state index is 0.0321. The number of thioether (sulfide) groups is 1. The first-order valence-electron chi connectivity index (χ1n) is 6.01. The molecule has 0 fully saturated rings. The van der Waals surface area contributed by atoms with Gasteiger partial charge >= 0.3 is 5.97 Å². The Bertz CT molecular complexity index is 176. The van der Waals surface area contributed by atoms with E-state index >= 15 is 0 Å². The van der Waals surface area contributed by atoms with Crippen LogP contribution in [0.3, 0.4) is 0 Å². The molecule has 0 radical (unpaired) electrons. The maximum absolute atomic E-state index is 11.8. The summed E-state index contributed by atoms with van der Waals surface area (Å²) in [5.74, 6) is 0.799. The van der Waals surface area contributed by atoms with Crippen molar-refractivity contribution in [3.05, 3.63) is 0 Å². The van der Waals surface area contributed by atoms with Gasteiger partial charge in [-0.1, -0.05) is 26.2 Å². The highest BCUT2D eigenvalue weighted by molar-refractivity contribution is 8.00. The molecule has 1 atom stereocenters. The normalized spacial score (nSPS) is 12.4. The fraction of sp³-hybridized carbons (Fsp3) is 0.917. The van der Waals surface area contributed by atoms with Crippen LogP contribution < -0.4 is 0 Å². The van der Waals surface area contributed by atoms with E-state index in [0.717, 1.165) is 37.9 Å². The Morgan fingerprint density at radius 1 is 1.31 bits per heavy atom. The van der Waals surface area contributed by atoms with Crippen molar-refractivity contribution < 1.29 is 13.9 Å². The topological polar surface area (TPSA) is 26.3 Å². The van der Waals surface area contributed by atoms with Crippen molar-refractivity contribution in [2.75, 3.05) is 19.5 Å². The first-order chi connectivity index (χ1) is 7.76. The number of carbonyl (C=O) groups is 1. The monoisotopic (exact) mass is 250 g/mol. The summed E-state index contributed by atoms with van der Waals surface area (Å²) in [6.07, 6.45) is 5.56. The van der Waals surface area contributed by atoms with Crippen LogP contribution in [-0.4, -0.2) is 30.8 Å². The molecule has 0 aromatic carbocycles. The van der Waals surface area contributed by atoms with Gasteiger partial charge in [0, 0.05) is 0 Å². The molecule has 0 spiro atoms. The zero-order chi connectivity index (χ0) is 12.2. The highest BCUT2D eigenvalue weighted by Gasteiger charge is 2.18. The highest BCUT2D eigenvalue weighted by atomic mass is 32.2. The molecule has 96 valence electrons. The van der Waals surface area contributed by atoms with Gasteiger partial charge < -0.3 is 4.74 Å². The second-order valence-corrected chi connectivity index (χ2v) is 5.09. The molecule has 0 heterocycles. The lowest BCUT2D eigenvalue weighted by molar-refractivity contribution is -0.140.